The number of ether oxygens (including phenoxy) is 1. The third-order valence-corrected chi connectivity index (χ3v) is 2.36. The Morgan fingerprint density at radius 3 is 2.69 bits per heavy atom. The van der Waals surface area contributed by atoms with Crippen LogP contribution in [0.3, 0.4) is 0 Å². The van der Waals surface area contributed by atoms with Crippen molar-refractivity contribution >= 4 is 0 Å². The van der Waals surface area contributed by atoms with Crippen molar-refractivity contribution in [2.45, 2.75) is 34.2 Å². The van der Waals surface area contributed by atoms with Gasteiger partial charge < -0.3 is 14.6 Å². The number of nitrogens with zero attached hydrogens (tertiary/aromatic N) is 1. The Kier molecular flexibility index (Phi) is 5.49. The Morgan fingerprint density at radius 1 is 1.38 bits per heavy atom. The Bertz CT molecular complexity index is 288. The van der Waals surface area contributed by atoms with E-state index in [-0.39, 0.29) is 0 Å². The van der Waals surface area contributed by atoms with E-state index in [1.165, 1.54) is 0 Å². The van der Waals surface area contributed by atoms with E-state index in [0.29, 0.717) is 5.92 Å². The van der Waals surface area contributed by atoms with Crippen molar-refractivity contribution in [3.63, 3.8) is 0 Å². The molecular formula is C12H22N2O2. The fourth-order valence-electron chi connectivity index (χ4n) is 1.43. The van der Waals surface area contributed by atoms with Crippen LogP contribution < -0.4 is 5.32 Å². The molecular weight excluding hydrogens is 204 g/mol. The molecule has 1 aromatic heterocycles. The van der Waals surface area contributed by atoms with Crippen LogP contribution in [0.2, 0.25) is 0 Å². The number of aryl methyl sites for hydroxylation is 2. The quantitative estimate of drug-likeness (QED) is 0.723. The second-order valence-corrected chi connectivity index (χ2v) is 4.45. The molecule has 0 unspecified atom stereocenters. The maximum absolute atomic E-state index is 5.47. The highest BCUT2D eigenvalue weighted by molar-refractivity contribution is 5.20. The van der Waals surface area contributed by atoms with E-state index < -0.39 is 0 Å². The van der Waals surface area contributed by atoms with E-state index >= 15 is 0 Å². The lowest BCUT2D eigenvalue weighted by Crippen LogP contribution is -2.20. The normalized spacial score (nSPS) is 11.3. The van der Waals surface area contributed by atoms with E-state index in [0.717, 1.165) is 43.3 Å². The van der Waals surface area contributed by atoms with Gasteiger partial charge in [-0.05, 0) is 19.8 Å². The maximum atomic E-state index is 5.47. The zero-order valence-corrected chi connectivity index (χ0v) is 10.7. The van der Waals surface area contributed by atoms with Crippen molar-refractivity contribution in [2.24, 2.45) is 5.92 Å². The monoisotopic (exact) mass is 226 g/mol. The molecule has 1 rings (SSSR count). The smallest absolute Gasteiger partial charge is 0.138 e. The van der Waals surface area contributed by atoms with Gasteiger partial charge in [-0.3, -0.25) is 0 Å². The van der Waals surface area contributed by atoms with Gasteiger partial charge in [0.25, 0.3) is 0 Å². The summed E-state index contributed by atoms with van der Waals surface area (Å²) in [6.07, 6.45) is 0. The Morgan fingerprint density at radius 2 is 2.12 bits per heavy atom. The maximum Gasteiger partial charge on any atom is 0.138 e. The Balaban J connectivity index is 2.12. The molecule has 4 nitrogen and oxygen atoms in total. The van der Waals surface area contributed by atoms with Gasteiger partial charge in [-0.25, -0.2) is 0 Å². The third-order valence-electron chi connectivity index (χ3n) is 2.36. The fourth-order valence-corrected chi connectivity index (χ4v) is 1.43. The number of hydrogen-bond acceptors (Lipinski definition) is 4. The third kappa shape index (κ3) is 4.33. The minimum Gasteiger partial charge on any atom is -0.380 e. The highest BCUT2D eigenvalue weighted by Gasteiger charge is 2.07. The van der Waals surface area contributed by atoms with Crippen LogP contribution in [0.4, 0.5) is 0 Å². The number of nitrogens with one attached hydrogen (secondary N) is 1. The summed E-state index contributed by atoms with van der Waals surface area (Å²) < 4.78 is 10.6. The lowest BCUT2D eigenvalue weighted by molar-refractivity contribution is 0.111. The molecule has 0 atom stereocenters. The lowest BCUT2D eigenvalue weighted by atomic mass is 10.2. The van der Waals surface area contributed by atoms with Crippen molar-refractivity contribution in [3.05, 3.63) is 17.0 Å². The second-order valence-electron chi connectivity index (χ2n) is 4.45. The summed E-state index contributed by atoms with van der Waals surface area (Å²) in [7, 11) is 0. The topological polar surface area (TPSA) is 47.3 Å². The molecule has 0 aromatic carbocycles. The highest BCUT2D eigenvalue weighted by atomic mass is 16.5. The van der Waals surface area contributed by atoms with Gasteiger partial charge in [-0.2, -0.15) is 0 Å². The SMILES string of the molecule is Cc1noc(C)c1CNCCOCC(C)C. The summed E-state index contributed by atoms with van der Waals surface area (Å²) >= 11 is 0. The van der Waals surface area contributed by atoms with Crippen molar-refractivity contribution in [1.82, 2.24) is 10.5 Å². The molecule has 4 heteroatoms. The molecule has 0 saturated carbocycles. The van der Waals surface area contributed by atoms with Gasteiger partial charge in [0.05, 0.1) is 12.3 Å². The molecule has 0 saturated heterocycles. The van der Waals surface area contributed by atoms with E-state index in [9.17, 15) is 0 Å². The van der Waals surface area contributed by atoms with Crippen LogP contribution in [0.25, 0.3) is 0 Å². The first-order valence-corrected chi connectivity index (χ1v) is 5.81. The number of aromatic nitrogens is 1. The molecule has 0 fully saturated rings. The molecule has 0 aliphatic rings. The second kappa shape index (κ2) is 6.66. The molecule has 1 heterocycles. The van der Waals surface area contributed by atoms with Crippen molar-refractivity contribution in [3.8, 4) is 0 Å². The van der Waals surface area contributed by atoms with Crippen molar-refractivity contribution in [1.29, 1.82) is 0 Å². The zero-order chi connectivity index (χ0) is 12.0. The van der Waals surface area contributed by atoms with Crippen LogP contribution in [-0.2, 0) is 11.3 Å². The van der Waals surface area contributed by atoms with E-state index in [4.69, 9.17) is 9.26 Å². The fraction of sp³-hybridized carbons (Fsp3) is 0.750. The molecule has 0 aliphatic carbocycles. The van der Waals surface area contributed by atoms with Gasteiger partial charge in [-0.1, -0.05) is 19.0 Å². The summed E-state index contributed by atoms with van der Waals surface area (Å²) in [6.45, 7) is 11.4. The van der Waals surface area contributed by atoms with Gasteiger partial charge in [0.1, 0.15) is 5.76 Å². The highest BCUT2D eigenvalue weighted by Crippen LogP contribution is 2.10. The zero-order valence-electron chi connectivity index (χ0n) is 10.7. The summed E-state index contributed by atoms with van der Waals surface area (Å²) in [5, 5.41) is 7.23. The van der Waals surface area contributed by atoms with Crippen LogP contribution >= 0.6 is 0 Å². The van der Waals surface area contributed by atoms with Crippen molar-refractivity contribution < 1.29 is 9.26 Å². The molecule has 0 amide bonds. The van der Waals surface area contributed by atoms with Gasteiger partial charge >= 0.3 is 0 Å². The largest absolute Gasteiger partial charge is 0.380 e. The van der Waals surface area contributed by atoms with Gasteiger partial charge in [0.15, 0.2) is 0 Å². The molecule has 92 valence electrons. The average molecular weight is 226 g/mol. The molecule has 1 N–H and O–H groups in total. The first kappa shape index (κ1) is 13.2. The average Bonchev–Trinajstić information content (AvgIpc) is 2.53. The van der Waals surface area contributed by atoms with Crippen LogP contribution in [0.1, 0.15) is 30.9 Å². The number of rotatable bonds is 7. The molecule has 1 aromatic rings. The van der Waals surface area contributed by atoms with E-state index in [1.807, 2.05) is 13.8 Å². The van der Waals surface area contributed by atoms with Crippen LogP contribution in [0.15, 0.2) is 4.52 Å². The van der Waals surface area contributed by atoms with Gasteiger partial charge in [-0.15, -0.1) is 0 Å². The minimum absolute atomic E-state index is 0.600. The first-order valence-electron chi connectivity index (χ1n) is 5.81. The first-order chi connectivity index (χ1) is 7.61. The summed E-state index contributed by atoms with van der Waals surface area (Å²) in [5.41, 5.74) is 2.12. The van der Waals surface area contributed by atoms with Gasteiger partial charge in [0.2, 0.25) is 0 Å². The lowest BCUT2D eigenvalue weighted by Gasteiger charge is -2.07. The predicted octanol–water partition coefficient (Wildman–Crippen LogP) is 2.05. The van der Waals surface area contributed by atoms with Gasteiger partial charge in [0, 0.05) is 25.3 Å². The van der Waals surface area contributed by atoms with E-state index in [1.54, 1.807) is 0 Å². The summed E-state index contributed by atoms with van der Waals surface area (Å²) in [5.74, 6) is 1.50. The minimum atomic E-state index is 0.600. The molecule has 0 aliphatic heterocycles. The summed E-state index contributed by atoms with van der Waals surface area (Å²) in [6, 6.07) is 0. The number of hydrogen-bond donors (Lipinski definition) is 1. The van der Waals surface area contributed by atoms with Crippen molar-refractivity contribution in [2.75, 3.05) is 19.8 Å². The standard InChI is InChI=1S/C12H22N2O2/c1-9(2)8-15-6-5-13-7-12-10(3)14-16-11(12)4/h9,13H,5-8H2,1-4H3. The molecule has 0 spiro atoms. The molecule has 16 heavy (non-hydrogen) atoms. The molecule has 0 bridgehead atoms. The van der Waals surface area contributed by atoms with Crippen LogP contribution in [-0.4, -0.2) is 24.9 Å². The van der Waals surface area contributed by atoms with Crippen LogP contribution in [0, 0.1) is 19.8 Å². The Labute approximate surface area is 97.3 Å². The van der Waals surface area contributed by atoms with E-state index in [2.05, 4.69) is 24.3 Å². The summed E-state index contributed by atoms with van der Waals surface area (Å²) in [4.78, 5) is 0. The molecule has 0 radical (unpaired) electrons. The van der Waals surface area contributed by atoms with Crippen LogP contribution in [0.5, 0.6) is 0 Å². The predicted molar refractivity (Wildman–Crippen MR) is 63.3 cm³/mol. The Hall–Kier alpha value is -0.870.